The first-order chi connectivity index (χ1) is 16.9. The number of hydrogen-bond acceptors (Lipinski definition) is 4. The lowest BCUT2D eigenvalue weighted by Crippen LogP contribution is -2.80. The molecule has 196 valence electrons. The summed E-state index contributed by atoms with van der Waals surface area (Å²) in [6.45, 7) is 10.4. The molecule has 3 aliphatic heterocycles. The lowest BCUT2D eigenvalue weighted by atomic mass is 9.99. The molecular formula is C28H47N3O4+2. The van der Waals surface area contributed by atoms with Crippen molar-refractivity contribution in [2.24, 2.45) is 0 Å². The van der Waals surface area contributed by atoms with Gasteiger partial charge in [-0.25, -0.2) is 4.48 Å². The van der Waals surface area contributed by atoms with E-state index in [2.05, 4.69) is 13.8 Å². The molecule has 0 N–H and O–H groups in total. The van der Waals surface area contributed by atoms with E-state index >= 15 is 0 Å². The fourth-order valence-electron chi connectivity index (χ4n) is 6.11. The number of fused-ring (bicyclic) bond motifs is 3. The smallest absolute Gasteiger partial charge is 0.381 e. The lowest BCUT2D eigenvalue weighted by molar-refractivity contribution is -1.07. The van der Waals surface area contributed by atoms with Crippen molar-refractivity contribution in [2.45, 2.75) is 96.9 Å². The number of carbonyl (C=O) groups excluding carboxylic acids is 1. The summed E-state index contributed by atoms with van der Waals surface area (Å²) >= 11 is 0. The number of rotatable bonds is 15. The van der Waals surface area contributed by atoms with E-state index in [9.17, 15) is 14.9 Å². The van der Waals surface area contributed by atoms with Crippen LogP contribution in [0.3, 0.4) is 0 Å². The van der Waals surface area contributed by atoms with E-state index in [0.29, 0.717) is 16.3 Å². The summed E-state index contributed by atoms with van der Waals surface area (Å²) in [5.41, 5.74) is 0.00120. The average molecular weight is 490 g/mol. The number of unbranched alkanes of at least 4 members (excludes halogenated alkanes) is 11. The minimum absolute atomic E-state index is 0.00120. The SMILES string of the molecule is CCCCCCCCCCCCCC[N+]12CC[N+](C(=O)Oc3ccc([N+](=O)[O-])cc3)(CC1)CC2C. The monoisotopic (exact) mass is 489 g/mol. The molecule has 0 aliphatic carbocycles. The van der Waals surface area contributed by atoms with Gasteiger partial charge in [0.15, 0.2) is 0 Å². The van der Waals surface area contributed by atoms with Crippen molar-refractivity contribution in [1.82, 2.24) is 0 Å². The Bertz CT molecular complexity index is 803. The molecule has 1 aromatic rings. The zero-order chi connectivity index (χ0) is 25.2. The number of nitro groups is 1. The van der Waals surface area contributed by atoms with Crippen molar-refractivity contribution in [1.29, 1.82) is 0 Å². The number of nitrogens with zero attached hydrogens (tertiary/aromatic N) is 3. The standard InChI is InChI=1S/C28H47N3O4/c1-3-4-5-6-7-8-9-10-11-12-13-14-19-30-20-22-31(23-21-30,24-25(30)2)28(32)35-27-17-15-26(16-18-27)29(33)34/h15-18,25H,3-14,19-24H2,1-2H3/q+2. The maximum absolute atomic E-state index is 13.1. The van der Waals surface area contributed by atoms with Gasteiger partial charge in [-0.1, -0.05) is 71.1 Å². The third kappa shape index (κ3) is 7.50. The molecule has 3 fully saturated rings. The van der Waals surface area contributed by atoms with E-state index < -0.39 is 4.92 Å². The predicted octanol–water partition coefficient (Wildman–Crippen LogP) is 6.84. The summed E-state index contributed by atoms with van der Waals surface area (Å²) < 4.78 is 7.21. The summed E-state index contributed by atoms with van der Waals surface area (Å²) in [5.74, 6) is 0.383. The summed E-state index contributed by atoms with van der Waals surface area (Å²) in [7, 11) is 0. The third-order valence-corrected chi connectivity index (χ3v) is 8.59. The summed E-state index contributed by atoms with van der Waals surface area (Å²) in [4.78, 5) is 23.5. The van der Waals surface area contributed by atoms with Crippen LogP contribution in [0.1, 0.15) is 90.9 Å². The van der Waals surface area contributed by atoms with Gasteiger partial charge in [0.2, 0.25) is 0 Å². The second kappa shape index (κ2) is 13.4. The van der Waals surface area contributed by atoms with Crippen LogP contribution in [0.5, 0.6) is 5.75 Å². The quantitative estimate of drug-likeness (QED) is 0.117. The van der Waals surface area contributed by atoms with Gasteiger partial charge in [-0.15, -0.1) is 0 Å². The predicted molar refractivity (Wildman–Crippen MR) is 139 cm³/mol. The zero-order valence-electron chi connectivity index (χ0n) is 22.1. The number of amides is 1. The highest BCUT2D eigenvalue weighted by atomic mass is 16.6. The molecule has 7 nitrogen and oxygen atoms in total. The van der Waals surface area contributed by atoms with Crippen LogP contribution in [0.15, 0.2) is 24.3 Å². The number of carbonyl (C=O) groups is 1. The van der Waals surface area contributed by atoms with Crippen LogP contribution in [0.25, 0.3) is 0 Å². The van der Waals surface area contributed by atoms with Crippen LogP contribution in [-0.2, 0) is 0 Å². The van der Waals surface area contributed by atoms with E-state index in [4.69, 9.17) is 4.74 Å². The number of nitro benzene ring substituents is 1. The van der Waals surface area contributed by atoms with Crippen LogP contribution < -0.4 is 4.74 Å². The van der Waals surface area contributed by atoms with Gasteiger partial charge in [0, 0.05) is 12.1 Å². The number of quaternary nitrogens is 2. The Morgan fingerprint density at radius 2 is 1.40 bits per heavy atom. The minimum Gasteiger partial charge on any atom is -0.381 e. The van der Waals surface area contributed by atoms with Crippen LogP contribution in [0.2, 0.25) is 0 Å². The van der Waals surface area contributed by atoms with Gasteiger partial charge in [-0.3, -0.25) is 10.1 Å². The first-order valence-corrected chi connectivity index (χ1v) is 14.1. The van der Waals surface area contributed by atoms with E-state index in [1.807, 2.05) is 0 Å². The summed E-state index contributed by atoms with van der Waals surface area (Å²) in [5, 5.41) is 10.8. The molecule has 1 aromatic carbocycles. The highest BCUT2D eigenvalue weighted by molar-refractivity contribution is 5.64. The molecule has 7 heteroatoms. The largest absolute Gasteiger partial charge is 0.522 e. The number of ether oxygens (including phenoxy) is 1. The van der Waals surface area contributed by atoms with Gasteiger partial charge < -0.3 is 9.22 Å². The second-order valence-electron chi connectivity index (χ2n) is 11.0. The molecule has 1 amide bonds. The van der Waals surface area contributed by atoms with Crippen LogP contribution in [0, 0.1) is 10.1 Å². The summed E-state index contributed by atoms with van der Waals surface area (Å²) in [6, 6.07) is 6.25. The molecule has 4 rings (SSSR count). The van der Waals surface area contributed by atoms with E-state index in [1.54, 1.807) is 0 Å². The molecule has 0 radical (unpaired) electrons. The average Bonchev–Trinajstić information content (AvgIpc) is 2.86. The van der Waals surface area contributed by atoms with E-state index in [0.717, 1.165) is 37.2 Å². The maximum atomic E-state index is 13.1. The molecule has 3 saturated heterocycles. The Kier molecular flexibility index (Phi) is 10.5. The van der Waals surface area contributed by atoms with Crippen molar-refractivity contribution < 1.29 is 23.4 Å². The van der Waals surface area contributed by atoms with Crippen molar-refractivity contribution in [3.05, 3.63) is 34.4 Å². The number of non-ortho nitro benzene ring substituents is 1. The van der Waals surface area contributed by atoms with Gasteiger partial charge in [-0.05, 0) is 31.9 Å². The van der Waals surface area contributed by atoms with Crippen LogP contribution >= 0.6 is 0 Å². The highest BCUT2D eigenvalue weighted by Gasteiger charge is 2.57. The van der Waals surface area contributed by atoms with Crippen molar-refractivity contribution >= 4 is 11.8 Å². The Balaban J connectivity index is 1.34. The summed E-state index contributed by atoms with van der Waals surface area (Å²) in [6.07, 6.45) is 16.3. The molecule has 3 heterocycles. The molecule has 0 aromatic heterocycles. The number of benzene rings is 1. The zero-order valence-corrected chi connectivity index (χ0v) is 22.1. The van der Waals surface area contributed by atoms with Crippen LogP contribution in [0.4, 0.5) is 10.5 Å². The Hall–Kier alpha value is -1.99. The Morgan fingerprint density at radius 1 is 0.886 bits per heavy atom. The van der Waals surface area contributed by atoms with Gasteiger partial charge in [0.05, 0.1) is 11.5 Å². The first kappa shape index (κ1) is 27.6. The van der Waals surface area contributed by atoms with E-state index in [1.165, 1.54) is 108 Å². The van der Waals surface area contributed by atoms with Crippen LogP contribution in [-0.4, -0.2) is 65.3 Å². The lowest BCUT2D eigenvalue weighted by Gasteiger charge is -2.56. The van der Waals surface area contributed by atoms with E-state index in [-0.39, 0.29) is 11.8 Å². The topological polar surface area (TPSA) is 69.4 Å². The second-order valence-corrected chi connectivity index (χ2v) is 11.0. The fourth-order valence-corrected chi connectivity index (χ4v) is 6.11. The third-order valence-electron chi connectivity index (χ3n) is 8.59. The normalized spacial score (nSPS) is 25.5. The number of hydrogen-bond donors (Lipinski definition) is 0. The molecule has 0 saturated carbocycles. The molecule has 0 spiro atoms. The molecule has 1 atom stereocenters. The van der Waals surface area contributed by atoms with Crippen molar-refractivity contribution in [3.8, 4) is 5.75 Å². The molecular weight excluding hydrogens is 442 g/mol. The molecule has 2 bridgehead atoms. The molecule has 35 heavy (non-hydrogen) atoms. The first-order valence-electron chi connectivity index (χ1n) is 14.1. The van der Waals surface area contributed by atoms with Gasteiger partial charge in [0.1, 0.15) is 44.5 Å². The molecule has 1 unspecified atom stereocenters. The van der Waals surface area contributed by atoms with Gasteiger partial charge >= 0.3 is 6.09 Å². The maximum Gasteiger partial charge on any atom is 0.522 e. The van der Waals surface area contributed by atoms with Gasteiger partial charge in [-0.2, -0.15) is 4.79 Å². The highest BCUT2D eigenvalue weighted by Crippen LogP contribution is 2.33. The minimum atomic E-state index is -0.446. The Morgan fingerprint density at radius 3 is 1.89 bits per heavy atom. The molecule has 3 aliphatic rings. The van der Waals surface area contributed by atoms with Gasteiger partial charge in [0.25, 0.3) is 5.69 Å². The Labute approximate surface area is 211 Å². The fraction of sp³-hybridized carbons (Fsp3) is 0.750. The number of piperazine rings is 3. The van der Waals surface area contributed by atoms with Crippen molar-refractivity contribution in [2.75, 3.05) is 39.3 Å². The van der Waals surface area contributed by atoms with Crippen molar-refractivity contribution in [3.63, 3.8) is 0 Å².